The van der Waals surface area contributed by atoms with Crippen molar-refractivity contribution >= 4 is 0 Å². The molecule has 1 N–H and O–H groups in total. The number of likely N-dealkylation sites (N-methyl/N-ethyl adjacent to an activating group) is 2. The van der Waals surface area contributed by atoms with Crippen molar-refractivity contribution in [1.29, 1.82) is 5.26 Å². The molecule has 0 heterocycles. The van der Waals surface area contributed by atoms with Crippen molar-refractivity contribution in [2.45, 2.75) is 50.1 Å². The van der Waals surface area contributed by atoms with Crippen molar-refractivity contribution in [3.05, 3.63) is 0 Å². The maximum Gasteiger partial charge on any atom is 0.109 e. The Balaban J connectivity index is 1.79. The number of nitriles is 1. The van der Waals surface area contributed by atoms with Gasteiger partial charge in [0, 0.05) is 19.1 Å². The van der Waals surface area contributed by atoms with Crippen LogP contribution >= 0.6 is 0 Å². The zero-order chi connectivity index (χ0) is 14.6. The Morgan fingerprint density at radius 1 is 1.15 bits per heavy atom. The average molecular weight is 278 g/mol. The van der Waals surface area contributed by atoms with Crippen LogP contribution in [-0.4, -0.2) is 62.2 Å². The fourth-order valence-corrected chi connectivity index (χ4v) is 3.29. The smallest absolute Gasteiger partial charge is 0.109 e. The molecule has 4 heteroatoms. The Labute approximate surface area is 124 Å². The van der Waals surface area contributed by atoms with Crippen molar-refractivity contribution in [1.82, 2.24) is 15.1 Å². The van der Waals surface area contributed by atoms with E-state index in [0.29, 0.717) is 12.0 Å². The summed E-state index contributed by atoms with van der Waals surface area (Å²) in [6, 6.07) is 3.26. The molecule has 0 aromatic carbocycles. The van der Waals surface area contributed by atoms with E-state index in [-0.39, 0.29) is 5.54 Å². The minimum atomic E-state index is -0.219. The largest absolute Gasteiger partial charge is 0.308 e. The summed E-state index contributed by atoms with van der Waals surface area (Å²) < 4.78 is 0. The van der Waals surface area contributed by atoms with Crippen LogP contribution in [0.15, 0.2) is 0 Å². The Morgan fingerprint density at radius 3 is 2.50 bits per heavy atom. The van der Waals surface area contributed by atoms with E-state index in [1.54, 1.807) is 0 Å². The summed E-state index contributed by atoms with van der Waals surface area (Å²) in [5.41, 5.74) is -0.219. The number of nitrogens with zero attached hydrogens (tertiary/aromatic N) is 3. The first-order chi connectivity index (χ1) is 9.55. The van der Waals surface area contributed by atoms with Crippen LogP contribution in [0.1, 0.15) is 38.5 Å². The zero-order valence-electron chi connectivity index (χ0n) is 13.4. The van der Waals surface area contributed by atoms with Crippen LogP contribution in [0.5, 0.6) is 0 Å². The lowest BCUT2D eigenvalue weighted by Gasteiger charge is -2.31. The normalized spacial score (nSPS) is 30.1. The minimum absolute atomic E-state index is 0.219. The van der Waals surface area contributed by atoms with Crippen molar-refractivity contribution in [3.63, 3.8) is 0 Å². The molecule has 2 rings (SSSR count). The van der Waals surface area contributed by atoms with Crippen LogP contribution in [0, 0.1) is 17.2 Å². The highest BCUT2D eigenvalue weighted by Crippen LogP contribution is 2.40. The summed E-state index contributed by atoms with van der Waals surface area (Å²) in [7, 11) is 6.43. The topological polar surface area (TPSA) is 42.3 Å². The number of rotatable bonds is 8. The molecule has 0 spiro atoms. The first-order valence-corrected chi connectivity index (χ1v) is 8.08. The lowest BCUT2D eigenvalue weighted by molar-refractivity contribution is 0.233. The molecule has 0 aromatic heterocycles. The van der Waals surface area contributed by atoms with Gasteiger partial charge in [0.1, 0.15) is 5.54 Å². The summed E-state index contributed by atoms with van der Waals surface area (Å²) in [6.07, 6.45) is 7.15. The molecule has 2 fully saturated rings. The van der Waals surface area contributed by atoms with Gasteiger partial charge in [-0.25, -0.2) is 0 Å². The minimum Gasteiger partial charge on any atom is -0.308 e. The molecule has 2 unspecified atom stereocenters. The van der Waals surface area contributed by atoms with Gasteiger partial charge in [0.05, 0.1) is 6.07 Å². The van der Waals surface area contributed by atoms with Gasteiger partial charge in [0.15, 0.2) is 0 Å². The third kappa shape index (κ3) is 4.18. The highest BCUT2D eigenvalue weighted by Gasteiger charge is 2.45. The summed E-state index contributed by atoms with van der Waals surface area (Å²) in [5, 5.41) is 13.3. The molecule has 2 atom stereocenters. The maximum atomic E-state index is 9.67. The molecule has 2 aliphatic carbocycles. The van der Waals surface area contributed by atoms with Gasteiger partial charge in [-0.15, -0.1) is 0 Å². The van der Waals surface area contributed by atoms with Gasteiger partial charge in [-0.3, -0.25) is 5.32 Å². The molecule has 0 aliphatic heterocycles. The molecule has 0 amide bonds. The van der Waals surface area contributed by atoms with E-state index in [1.807, 2.05) is 0 Å². The van der Waals surface area contributed by atoms with Crippen LogP contribution in [-0.2, 0) is 0 Å². The Hall–Kier alpha value is -0.630. The zero-order valence-corrected chi connectivity index (χ0v) is 13.4. The van der Waals surface area contributed by atoms with Crippen LogP contribution in [0.2, 0.25) is 0 Å². The quantitative estimate of drug-likeness (QED) is 0.733. The molecular weight excluding hydrogens is 248 g/mol. The molecule has 0 radical (unpaired) electrons. The Kier molecular flexibility index (Phi) is 5.42. The van der Waals surface area contributed by atoms with Gasteiger partial charge in [-0.2, -0.15) is 5.26 Å². The SMILES string of the molecule is CN(C)CCN(C)CCC1CCCC1(C#N)NC1CC1. The summed E-state index contributed by atoms with van der Waals surface area (Å²) in [5.74, 6) is 0.537. The van der Waals surface area contributed by atoms with Crippen molar-refractivity contribution in [2.75, 3.05) is 40.8 Å². The number of nitrogens with one attached hydrogen (secondary N) is 1. The second kappa shape index (κ2) is 6.89. The predicted octanol–water partition coefficient (Wildman–Crippen LogP) is 1.68. The maximum absolute atomic E-state index is 9.67. The Morgan fingerprint density at radius 2 is 1.90 bits per heavy atom. The third-order valence-corrected chi connectivity index (χ3v) is 4.85. The monoisotopic (exact) mass is 278 g/mol. The van der Waals surface area contributed by atoms with Gasteiger partial charge in [-0.05, 0) is 65.7 Å². The molecule has 0 saturated heterocycles. The van der Waals surface area contributed by atoms with Crippen molar-refractivity contribution in [3.8, 4) is 6.07 Å². The number of hydrogen-bond donors (Lipinski definition) is 1. The molecule has 0 aromatic rings. The molecule has 2 saturated carbocycles. The average Bonchev–Trinajstić information content (AvgIpc) is 3.13. The van der Waals surface area contributed by atoms with Crippen LogP contribution in [0.3, 0.4) is 0 Å². The predicted molar refractivity (Wildman–Crippen MR) is 82.5 cm³/mol. The highest BCUT2D eigenvalue weighted by atomic mass is 15.1. The van der Waals surface area contributed by atoms with Crippen molar-refractivity contribution < 1.29 is 0 Å². The van der Waals surface area contributed by atoms with Gasteiger partial charge in [0.2, 0.25) is 0 Å². The fourth-order valence-electron chi connectivity index (χ4n) is 3.29. The fraction of sp³-hybridized carbons (Fsp3) is 0.938. The van der Waals surface area contributed by atoms with Gasteiger partial charge >= 0.3 is 0 Å². The third-order valence-electron chi connectivity index (χ3n) is 4.85. The Bertz CT molecular complexity index is 345. The molecule has 4 nitrogen and oxygen atoms in total. The lowest BCUT2D eigenvalue weighted by Crippen LogP contribution is -2.49. The van der Waals surface area contributed by atoms with Gasteiger partial charge < -0.3 is 9.80 Å². The lowest BCUT2D eigenvalue weighted by atomic mass is 9.85. The van der Waals surface area contributed by atoms with E-state index in [2.05, 4.69) is 42.3 Å². The van der Waals surface area contributed by atoms with E-state index in [9.17, 15) is 5.26 Å². The molecule has 20 heavy (non-hydrogen) atoms. The molecular formula is C16H30N4. The summed E-state index contributed by atoms with van der Waals surface area (Å²) >= 11 is 0. The summed E-state index contributed by atoms with van der Waals surface area (Å²) in [4.78, 5) is 4.62. The second-order valence-electron chi connectivity index (χ2n) is 6.99. The van der Waals surface area contributed by atoms with Crippen LogP contribution < -0.4 is 5.32 Å². The van der Waals surface area contributed by atoms with Crippen LogP contribution in [0.25, 0.3) is 0 Å². The van der Waals surface area contributed by atoms with E-state index in [4.69, 9.17) is 0 Å². The first-order valence-electron chi connectivity index (χ1n) is 8.08. The summed E-state index contributed by atoms with van der Waals surface area (Å²) in [6.45, 7) is 3.31. The van der Waals surface area contributed by atoms with E-state index < -0.39 is 0 Å². The highest BCUT2D eigenvalue weighted by molar-refractivity contribution is 5.16. The van der Waals surface area contributed by atoms with E-state index in [0.717, 1.165) is 32.5 Å². The molecule has 114 valence electrons. The van der Waals surface area contributed by atoms with Gasteiger partial charge in [-0.1, -0.05) is 6.42 Å². The molecule has 2 aliphatic rings. The van der Waals surface area contributed by atoms with Crippen molar-refractivity contribution in [2.24, 2.45) is 5.92 Å². The first kappa shape index (κ1) is 15.8. The van der Waals surface area contributed by atoms with Crippen LogP contribution in [0.4, 0.5) is 0 Å². The van der Waals surface area contributed by atoms with E-state index in [1.165, 1.54) is 25.7 Å². The second-order valence-corrected chi connectivity index (χ2v) is 6.99. The van der Waals surface area contributed by atoms with E-state index >= 15 is 0 Å². The number of hydrogen-bond acceptors (Lipinski definition) is 4. The standard InChI is InChI=1S/C16H30N4/c1-19(2)11-12-20(3)10-8-14-5-4-9-16(14,13-17)18-15-6-7-15/h14-15,18H,4-12H2,1-3H3. The van der Waals surface area contributed by atoms with Gasteiger partial charge in [0.25, 0.3) is 0 Å². The molecule has 0 bridgehead atoms.